The molecule has 8 heteroatoms. The largest absolute Gasteiger partial charge is 0.271 e. The van der Waals surface area contributed by atoms with E-state index in [1.54, 1.807) is 17.9 Å². The van der Waals surface area contributed by atoms with Gasteiger partial charge in [-0.15, -0.1) is 0 Å². The molecule has 1 unspecified atom stereocenters. The van der Waals surface area contributed by atoms with Crippen LogP contribution in [0, 0.1) is 17.1 Å². The first kappa shape index (κ1) is 17.6. The quantitative estimate of drug-likeness (QED) is 0.837. The van der Waals surface area contributed by atoms with Gasteiger partial charge in [-0.3, -0.25) is 4.68 Å². The average molecular weight is 362 g/mol. The fourth-order valence-electron chi connectivity index (χ4n) is 3.30. The van der Waals surface area contributed by atoms with Crippen LogP contribution in [0.4, 0.5) is 4.39 Å². The van der Waals surface area contributed by atoms with Crippen molar-refractivity contribution in [2.75, 3.05) is 6.54 Å². The predicted octanol–water partition coefficient (Wildman–Crippen LogP) is 2.49. The van der Waals surface area contributed by atoms with Gasteiger partial charge >= 0.3 is 0 Å². The van der Waals surface area contributed by atoms with Crippen LogP contribution in [-0.2, 0) is 22.8 Å². The number of halogens is 1. The van der Waals surface area contributed by atoms with Gasteiger partial charge in [0.1, 0.15) is 5.82 Å². The molecule has 1 saturated heterocycles. The molecule has 1 aromatic carbocycles. The minimum Gasteiger partial charge on any atom is -0.271 e. The molecule has 1 aliphatic heterocycles. The van der Waals surface area contributed by atoms with E-state index in [0.717, 1.165) is 31.0 Å². The topological polar surface area (TPSA) is 79.0 Å². The van der Waals surface area contributed by atoms with E-state index < -0.39 is 15.8 Å². The molecule has 0 spiro atoms. The van der Waals surface area contributed by atoms with Crippen LogP contribution in [0.5, 0.6) is 0 Å². The van der Waals surface area contributed by atoms with Crippen molar-refractivity contribution in [1.82, 2.24) is 14.1 Å². The number of aromatic nitrogens is 2. The standard InChI is InChI=1S/C17H19FN4O2S/c1-21-16(7-8-20-21)17-4-2-3-9-22(17)25(23,24)12-13-5-6-15(18)10-14(13)11-19/h5-8,10,17H,2-4,9,12H2,1H3. The number of aryl methyl sites for hydroxylation is 1. The van der Waals surface area contributed by atoms with E-state index in [-0.39, 0.29) is 17.4 Å². The molecule has 1 aromatic heterocycles. The van der Waals surface area contributed by atoms with Crippen molar-refractivity contribution in [2.45, 2.75) is 31.1 Å². The summed E-state index contributed by atoms with van der Waals surface area (Å²) in [5.74, 6) is -0.867. The van der Waals surface area contributed by atoms with Crippen LogP contribution in [0.15, 0.2) is 30.5 Å². The number of benzene rings is 1. The summed E-state index contributed by atoms with van der Waals surface area (Å²) >= 11 is 0. The zero-order valence-electron chi connectivity index (χ0n) is 13.9. The van der Waals surface area contributed by atoms with E-state index in [0.29, 0.717) is 12.1 Å². The number of hydrogen-bond donors (Lipinski definition) is 0. The van der Waals surface area contributed by atoms with E-state index in [4.69, 9.17) is 5.26 Å². The van der Waals surface area contributed by atoms with Crippen molar-refractivity contribution in [1.29, 1.82) is 5.26 Å². The van der Waals surface area contributed by atoms with E-state index in [1.165, 1.54) is 16.4 Å². The normalized spacial score (nSPS) is 18.8. The molecule has 0 aliphatic carbocycles. The molecule has 0 saturated carbocycles. The Kier molecular flexibility index (Phi) is 4.88. The molecule has 1 aliphatic rings. The number of sulfonamides is 1. The average Bonchev–Trinajstić information content (AvgIpc) is 3.02. The summed E-state index contributed by atoms with van der Waals surface area (Å²) in [6.45, 7) is 0.432. The zero-order chi connectivity index (χ0) is 18.0. The Hall–Kier alpha value is -2.24. The number of piperidine rings is 1. The molecule has 0 amide bonds. The maximum atomic E-state index is 13.3. The lowest BCUT2D eigenvalue weighted by molar-refractivity contribution is 0.246. The van der Waals surface area contributed by atoms with Crippen LogP contribution < -0.4 is 0 Å². The highest BCUT2D eigenvalue weighted by Gasteiger charge is 2.35. The number of nitrogens with zero attached hydrogens (tertiary/aromatic N) is 4. The predicted molar refractivity (Wildman–Crippen MR) is 90.2 cm³/mol. The van der Waals surface area contributed by atoms with E-state index in [1.807, 2.05) is 12.1 Å². The van der Waals surface area contributed by atoms with Gasteiger partial charge < -0.3 is 0 Å². The molecule has 2 aromatic rings. The monoisotopic (exact) mass is 362 g/mol. The summed E-state index contributed by atoms with van der Waals surface area (Å²) < 4.78 is 42.5. The molecule has 6 nitrogen and oxygen atoms in total. The lowest BCUT2D eigenvalue weighted by Gasteiger charge is -2.34. The van der Waals surface area contributed by atoms with Crippen molar-refractivity contribution < 1.29 is 12.8 Å². The SMILES string of the molecule is Cn1nccc1C1CCCCN1S(=O)(=O)Cc1ccc(F)cc1C#N. The van der Waals surface area contributed by atoms with Gasteiger partial charge in [-0.2, -0.15) is 14.7 Å². The van der Waals surface area contributed by atoms with Crippen LogP contribution in [0.25, 0.3) is 0 Å². The third-order valence-electron chi connectivity index (χ3n) is 4.54. The number of nitriles is 1. The summed E-state index contributed by atoms with van der Waals surface area (Å²) in [5.41, 5.74) is 1.22. The number of rotatable bonds is 4. The fraction of sp³-hybridized carbons (Fsp3) is 0.412. The van der Waals surface area contributed by atoms with Crippen LogP contribution in [0.3, 0.4) is 0 Å². The Balaban J connectivity index is 1.93. The lowest BCUT2D eigenvalue weighted by Crippen LogP contribution is -2.40. The van der Waals surface area contributed by atoms with Gasteiger partial charge in [0.2, 0.25) is 10.0 Å². The van der Waals surface area contributed by atoms with Crippen molar-refractivity contribution in [3.05, 3.63) is 53.1 Å². The van der Waals surface area contributed by atoms with Crippen LogP contribution in [-0.4, -0.2) is 29.0 Å². The third kappa shape index (κ3) is 3.57. The Bertz CT molecular complexity index is 917. The zero-order valence-corrected chi connectivity index (χ0v) is 14.7. The first-order chi connectivity index (χ1) is 11.9. The highest BCUT2D eigenvalue weighted by Crippen LogP contribution is 2.34. The second-order valence-corrected chi connectivity index (χ2v) is 8.09. The molecule has 1 atom stereocenters. The molecular formula is C17H19FN4O2S. The highest BCUT2D eigenvalue weighted by molar-refractivity contribution is 7.88. The molecule has 132 valence electrons. The second kappa shape index (κ2) is 6.94. The van der Waals surface area contributed by atoms with Crippen LogP contribution >= 0.6 is 0 Å². The van der Waals surface area contributed by atoms with E-state index >= 15 is 0 Å². The maximum Gasteiger partial charge on any atom is 0.218 e. The Labute approximate surface area is 146 Å². The van der Waals surface area contributed by atoms with Gasteiger partial charge in [-0.1, -0.05) is 12.5 Å². The summed E-state index contributed by atoms with van der Waals surface area (Å²) in [5, 5.41) is 13.3. The number of hydrogen-bond acceptors (Lipinski definition) is 4. The molecule has 0 N–H and O–H groups in total. The first-order valence-corrected chi connectivity index (χ1v) is 9.69. The molecule has 0 radical (unpaired) electrons. The van der Waals surface area contributed by atoms with E-state index in [2.05, 4.69) is 5.10 Å². The minimum atomic E-state index is -3.66. The second-order valence-electron chi connectivity index (χ2n) is 6.17. The minimum absolute atomic E-state index is 0.0534. The van der Waals surface area contributed by atoms with Gasteiger partial charge in [-0.25, -0.2) is 12.8 Å². The van der Waals surface area contributed by atoms with E-state index in [9.17, 15) is 12.8 Å². The van der Waals surface area contributed by atoms with Crippen molar-refractivity contribution in [3.63, 3.8) is 0 Å². The molecule has 2 heterocycles. The lowest BCUT2D eigenvalue weighted by atomic mass is 10.0. The summed E-state index contributed by atoms with van der Waals surface area (Å²) in [7, 11) is -1.86. The molecule has 25 heavy (non-hydrogen) atoms. The first-order valence-electron chi connectivity index (χ1n) is 8.08. The Morgan fingerprint density at radius 2 is 2.16 bits per heavy atom. The van der Waals surface area contributed by atoms with Crippen molar-refractivity contribution >= 4 is 10.0 Å². The summed E-state index contributed by atoms with van der Waals surface area (Å²) in [6, 6.07) is 7.06. The van der Waals surface area contributed by atoms with Crippen molar-refractivity contribution in [2.24, 2.45) is 7.05 Å². The van der Waals surface area contributed by atoms with Crippen LogP contribution in [0.1, 0.15) is 42.1 Å². The molecule has 3 rings (SSSR count). The molecule has 0 bridgehead atoms. The van der Waals surface area contributed by atoms with Gasteiger partial charge in [0, 0.05) is 19.8 Å². The summed E-state index contributed by atoms with van der Waals surface area (Å²) in [6.07, 6.45) is 4.12. The highest BCUT2D eigenvalue weighted by atomic mass is 32.2. The smallest absolute Gasteiger partial charge is 0.218 e. The maximum absolute atomic E-state index is 13.3. The van der Waals surface area contributed by atoms with Crippen LogP contribution in [0.2, 0.25) is 0 Å². The fourth-order valence-corrected chi connectivity index (χ4v) is 5.12. The Morgan fingerprint density at radius 3 is 2.84 bits per heavy atom. The van der Waals surface area contributed by atoms with Gasteiger partial charge in [0.15, 0.2) is 0 Å². The van der Waals surface area contributed by atoms with Crippen molar-refractivity contribution in [3.8, 4) is 6.07 Å². The van der Waals surface area contributed by atoms with Gasteiger partial charge in [0.05, 0.1) is 29.1 Å². The van der Waals surface area contributed by atoms with Gasteiger partial charge in [-0.05, 0) is 36.6 Å². The Morgan fingerprint density at radius 1 is 1.36 bits per heavy atom. The summed E-state index contributed by atoms with van der Waals surface area (Å²) in [4.78, 5) is 0. The third-order valence-corrected chi connectivity index (χ3v) is 6.37. The molecular weight excluding hydrogens is 343 g/mol. The molecule has 1 fully saturated rings. The van der Waals surface area contributed by atoms with Gasteiger partial charge in [0.25, 0.3) is 0 Å².